The first kappa shape index (κ1) is 18.8. The van der Waals surface area contributed by atoms with Crippen LogP contribution in [0.3, 0.4) is 0 Å². The van der Waals surface area contributed by atoms with E-state index in [4.69, 9.17) is 4.98 Å². The quantitative estimate of drug-likeness (QED) is 0.620. The molecule has 0 amide bonds. The molecule has 0 unspecified atom stereocenters. The zero-order chi connectivity index (χ0) is 19.7. The lowest BCUT2D eigenvalue weighted by molar-refractivity contribution is -0.449. The van der Waals surface area contributed by atoms with Gasteiger partial charge in [-0.2, -0.15) is 4.98 Å². The molecule has 2 aromatic heterocycles. The summed E-state index contributed by atoms with van der Waals surface area (Å²) in [5, 5.41) is 3.46. The fourth-order valence-electron chi connectivity index (χ4n) is 4.20. The summed E-state index contributed by atoms with van der Waals surface area (Å²) in [6.45, 7) is 4.45. The number of aryl methyl sites for hydroxylation is 2. The Morgan fingerprint density at radius 1 is 1.07 bits per heavy atom. The second-order valence-electron chi connectivity index (χ2n) is 7.78. The van der Waals surface area contributed by atoms with Crippen LogP contribution in [0, 0.1) is 0 Å². The molecule has 0 saturated carbocycles. The lowest BCUT2D eigenvalue weighted by Gasteiger charge is -2.28. The van der Waals surface area contributed by atoms with E-state index in [2.05, 4.69) is 15.2 Å². The second-order valence-corrected chi connectivity index (χ2v) is 7.78. The molecule has 0 radical (unpaired) electrons. The van der Waals surface area contributed by atoms with Crippen molar-refractivity contribution in [3.8, 4) is 0 Å². The van der Waals surface area contributed by atoms with Crippen molar-refractivity contribution in [1.29, 1.82) is 0 Å². The highest BCUT2D eigenvalue weighted by molar-refractivity contribution is 5.77. The van der Waals surface area contributed by atoms with E-state index in [-0.39, 0.29) is 11.2 Å². The number of fused-ring (bicyclic) bond motifs is 1. The molecule has 2 aliphatic heterocycles. The van der Waals surface area contributed by atoms with E-state index in [9.17, 15) is 9.59 Å². The van der Waals surface area contributed by atoms with Gasteiger partial charge in [-0.25, -0.2) is 4.79 Å². The normalized spacial score (nSPS) is 17.4. The Kier molecular flexibility index (Phi) is 5.23. The standard InChI is InChI=1S/C19H29N7O2/c1-23-16-15(17(27)24(2)19(23)28)26(13-7-10-21-14-8-6-9-20-14)18(22-16)25-11-4-3-5-12-25/h3-13H2,1-2H3,(H,20,21)/p+1. The van der Waals surface area contributed by atoms with Crippen molar-refractivity contribution >= 4 is 22.9 Å². The van der Waals surface area contributed by atoms with Gasteiger partial charge >= 0.3 is 5.69 Å². The molecule has 0 bridgehead atoms. The first-order valence-corrected chi connectivity index (χ1v) is 10.3. The molecule has 28 heavy (non-hydrogen) atoms. The molecule has 4 heterocycles. The van der Waals surface area contributed by atoms with Crippen LogP contribution in [0.15, 0.2) is 9.59 Å². The van der Waals surface area contributed by atoms with Crippen LogP contribution in [0.4, 0.5) is 5.95 Å². The van der Waals surface area contributed by atoms with Crippen LogP contribution in [0.25, 0.3) is 11.2 Å². The summed E-state index contributed by atoms with van der Waals surface area (Å²) < 4.78 is 4.69. The number of amidine groups is 1. The predicted octanol–water partition coefficient (Wildman–Crippen LogP) is -1.32. The molecule has 2 aromatic rings. The van der Waals surface area contributed by atoms with E-state index in [0.717, 1.165) is 57.8 Å². The lowest BCUT2D eigenvalue weighted by Crippen LogP contribution is -2.72. The summed E-state index contributed by atoms with van der Waals surface area (Å²) in [5.41, 5.74) is 0.400. The van der Waals surface area contributed by atoms with Gasteiger partial charge in [-0.3, -0.25) is 24.2 Å². The van der Waals surface area contributed by atoms with Gasteiger partial charge in [-0.15, -0.1) is 0 Å². The van der Waals surface area contributed by atoms with Gasteiger partial charge < -0.3 is 9.47 Å². The largest absolute Gasteiger partial charge is 0.342 e. The summed E-state index contributed by atoms with van der Waals surface area (Å²) in [7, 11) is 3.22. The Hall–Kier alpha value is -2.58. The highest BCUT2D eigenvalue weighted by Crippen LogP contribution is 2.23. The number of nitrogens with one attached hydrogen (secondary N) is 2. The minimum absolute atomic E-state index is 0.270. The Balaban J connectivity index is 1.68. The minimum Gasteiger partial charge on any atom is -0.342 e. The van der Waals surface area contributed by atoms with E-state index in [1.807, 2.05) is 4.57 Å². The highest BCUT2D eigenvalue weighted by atomic mass is 16.2. The van der Waals surface area contributed by atoms with Crippen LogP contribution in [0.5, 0.6) is 0 Å². The van der Waals surface area contributed by atoms with E-state index < -0.39 is 0 Å². The average molecular weight is 388 g/mol. The van der Waals surface area contributed by atoms with Crippen molar-refractivity contribution < 1.29 is 4.99 Å². The molecule has 0 atom stereocenters. The maximum Gasteiger partial charge on any atom is 0.332 e. The molecule has 2 N–H and O–H groups in total. The molecule has 9 heteroatoms. The Labute approximate surface area is 163 Å². The van der Waals surface area contributed by atoms with Gasteiger partial charge in [0.15, 0.2) is 11.2 Å². The fraction of sp³-hybridized carbons (Fsp3) is 0.684. The van der Waals surface area contributed by atoms with Gasteiger partial charge in [0.05, 0.1) is 19.5 Å². The Bertz CT molecular complexity index is 1010. The number of piperidine rings is 1. The Morgan fingerprint density at radius 3 is 2.57 bits per heavy atom. The molecular formula is C19H30N7O2+. The fourth-order valence-corrected chi connectivity index (χ4v) is 4.20. The maximum atomic E-state index is 12.9. The average Bonchev–Trinajstić information content (AvgIpc) is 3.36. The molecule has 1 saturated heterocycles. The van der Waals surface area contributed by atoms with E-state index in [0.29, 0.717) is 17.7 Å². The van der Waals surface area contributed by atoms with Crippen LogP contribution >= 0.6 is 0 Å². The number of imidazole rings is 1. The third-order valence-electron chi connectivity index (χ3n) is 5.81. The van der Waals surface area contributed by atoms with Gasteiger partial charge in [0.25, 0.3) is 5.56 Å². The molecule has 9 nitrogen and oxygen atoms in total. The molecule has 4 rings (SSSR count). The summed E-state index contributed by atoms with van der Waals surface area (Å²) >= 11 is 0. The molecular weight excluding hydrogens is 358 g/mol. The maximum absolute atomic E-state index is 12.9. The first-order chi connectivity index (χ1) is 13.6. The summed E-state index contributed by atoms with van der Waals surface area (Å²) in [5.74, 6) is 2.03. The number of nitrogens with zero attached hydrogens (tertiary/aromatic N) is 5. The molecule has 152 valence electrons. The highest BCUT2D eigenvalue weighted by Gasteiger charge is 2.23. The smallest absolute Gasteiger partial charge is 0.332 e. The topological polar surface area (TPSA) is 91.1 Å². The summed E-state index contributed by atoms with van der Waals surface area (Å²) in [6.07, 6.45) is 6.63. The van der Waals surface area contributed by atoms with E-state index in [1.54, 1.807) is 7.05 Å². The van der Waals surface area contributed by atoms with E-state index >= 15 is 0 Å². The third kappa shape index (κ3) is 3.33. The van der Waals surface area contributed by atoms with Gasteiger partial charge in [0.2, 0.25) is 11.8 Å². The van der Waals surface area contributed by atoms with Crippen molar-refractivity contribution in [2.75, 3.05) is 31.1 Å². The molecule has 1 fully saturated rings. The molecule has 0 aromatic carbocycles. The Morgan fingerprint density at radius 2 is 1.86 bits per heavy atom. The van der Waals surface area contributed by atoms with Crippen molar-refractivity contribution in [3.63, 3.8) is 0 Å². The molecule has 2 aliphatic rings. The second kappa shape index (κ2) is 7.81. The number of aromatic nitrogens is 4. The van der Waals surface area contributed by atoms with Gasteiger partial charge in [0.1, 0.15) is 0 Å². The van der Waals surface area contributed by atoms with Crippen LogP contribution in [0.2, 0.25) is 0 Å². The summed E-state index contributed by atoms with van der Waals surface area (Å²) in [4.78, 5) is 35.6. The van der Waals surface area contributed by atoms with Crippen molar-refractivity contribution in [2.24, 2.45) is 14.1 Å². The minimum atomic E-state index is -0.335. The number of rotatable bonds is 5. The van der Waals surface area contributed by atoms with Crippen LogP contribution < -0.4 is 26.5 Å². The zero-order valence-electron chi connectivity index (χ0n) is 16.8. The number of hydrogen-bond acceptors (Lipinski definition) is 5. The van der Waals surface area contributed by atoms with Crippen molar-refractivity contribution in [3.05, 3.63) is 20.8 Å². The van der Waals surface area contributed by atoms with Crippen LogP contribution in [-0.2, 0) is 20.6 Å². The monoisotopic (exact) mass is 388 g/mol. The van der Waals surface area contributed by atoms with Gasteiger partial charge in [-0.1, -0.05) is 0 Å². The number of anilines is 1. The van der Waals surface area contributed by atoms with E-state index in [1.165, 1.54) is 34.9 Å². The third-order valence-corrected chi connectivity index (χ3v) is 5.81. The number of hydrogen-bond donors (Lipinski definition) is 2. The first-order valence-electron chi connectivity index (χ1n) is 10.3. The van der Waals surface area contributed by atoms with Gasteiger partial charge in [-0.05, 0) is 25.7 Å². The SMILES string of the molecule is Cn1c(=O)c2c(nc(N3CCCCC3)n2CCCNC2=[NH+]CCC2)n(C)c1=O. The summed E-state index contributed by atoms with van der Waals surface area (Å²) in [6, 6.07) is 0. The predicted molar refractivity (Wildman–Crippen MR) is 109 cm³/mol. The lowest BCUT2D eigenvalue weighted by atomic mass is 10.1. The van der Waals surface area contributed by atoms with Crippen molar-refractivity contribution in [2.45, 2.75) is 45.1 Å². The zero-order valence-corrected chi connectivity index (χ0v) is 16.8. The van der Waals surface area contributed by atoms with Crippen LogP contribution in [-0.4, -0.2) is 50.7 Å². The van der Waals surface area contributed by atoms with Crippen LogP contribution in [0.1, 0.15) is 38.5 Å². The van der Waals surface area contributed by atoms with Crippen molar-refractivity contribution in [1.82, 2.24) is 24.0 Å². The van der Waals surface area contributed by atoms with Gasteiger partial charge in [0, 0.05) is 40.2 Å². The molecule has 0 spiro atoms. The molecule has 0 aliphatic carbocycles.